The molecule has 3 amide bonds. The summed E-state index contributed by atoms with van der Waals surface area (Å²) >= 11 is 17.8. The van der Waals surface area contributed by atoms with Gasteiger partial charge in [-0.3, -0.25) is 19.7 Å². The van der Waals surface area contributed by atoms with Crippen LogP contribution < -0.4 is 15.4 Å². The minimum atomic E-state index is -0.746. The lowest BCUT2D eigenvalue weighted by atomic mass is 9.72. The number of carbonyl (C=O) groups is 3. The lowest BCUT2D eigenvalue weighted by Gasteiger charge is -2.35. The first-order chi connectivity index (χ1) is 14.2. The second-order valence-corrected chi connectivity index (χ2v) is 8.15. The SMILES string of the molecule is CCC1(c2ccc(NC(=O)COc3cc(Cl)c(Cl)cc3Cl)cc2)CCC(=O)NC1=O. The van der Waals surface area contributed by atoms with Gasteiger partial charge in [0.25, 0.3) is 5.91 Å². The third kappa shape index (κ3) is 4.72. The average molecular weight is 470 g/mol. The molecular weight excluding hydrogens is 451 g/mol. The highest BCUT2D eigenvalue weighted by molar-refractivity contribution is 6.43. The van der Waals surface area contributed by atoms with E-state index in [0.29, 0.717) is 30.0 Å². The van der Waals surface area contributed by atoms with E-state index in [1.807, 2.05) is 6.92 Å². The van der Waals surface area contributed by atoms with Gasteiger partial charge in [0, 0.05) is 18.2 Å². The number of carbonyl (C=O) groups excluding carboxylic acids is 3. The highest BCUT2D eigenvalue weighted by Crippen LogP contribution is 2.36. The zero-order valence-corrected chi connectivity index (χ0v) is 18.3. The van der Waals surface area contributed by atoms with Crippen molar-refractivity contribution in [2.45, 2.75) is 31.6 Å². The normalized spacial score (nSPS) is 18.7. The smallest absolute Gasteiger partial charge is 0.262 e. The number of piperidine rings is 1. The number of hydrogen-bond acceptors (Lipinski definition) is 4. The van der Waals surface area contributed by atoms with Gasteiger partial charge in [0.05, 0.1) is 20.5 Å². The third-order valence-corrected chi connectivity index (χ3v) is 6.14. The molecule has 1 fully saturated rings. The average Bonchev–Trinajstić information content (AvgIpc) is 2.71. The molecule has 1 heterocycles. The summed E-state index contributed by atoms with van der Waals surface area (Å²) in [4.78, 5) is 36.2. The first-order valence-electron chi connectivity index (χ1n) is 9.27. The maximum absolute atomic E-state index is 12.5. The van der Waals surface area contributed by atoms with E-state index in [9.17, 15) is 14.4 Å². The van der Waals surface area contributed by atoms with Crippen LogP contribution in [0.5, 0.6) is 5.75 Å². The summed E-state index contributed by atoms with van der Waals surface area (Å²) in [5.74, 6) is -0.685. The van der Waals surface area contributed by atoms with Gasteiger partial charge in [0.15, 0.2) is 6.61 Å². The molecule has 1 aliphatic rings. The van der Waals surface area contributed by atoms with Gasteiger partial charge in [0.1, 0.15) is 5.75 Å². The van der Waals surface area contributed by atoms with Crippen LogP contribution in [0, 0.1) is 0 Å². The van der Waals surface area contributed by atoms with E-state index < -0.39 is 11.3 Å². The Hall–Kier alpha value is -2.28. The van der Waals surface area contributed by atoms with E-state index in [0.717, 1.165) is 5.56 Å². The molecule has 3 rings (SSSR count). The van der Waals surface area contributed by atoms with Crippen LogP contribution in [-0.2, 0) is 19.8 Å². The Morgan fingerprint density at radius 2 is 1.77 bits per heavy atom. The van der Waals surface area contributed by atoms with Crippen molar-refractivity contribution < 1.29 is 19.1 Å². The highest BCUT2D eigenvalue weighted by Gasteiger charge is 2.42. The quantitative estimate of drug-likeness (QED) is 0.472. The minimum absolute atomic E-state index is 0.246. The minimum Gasteiger partial charge on any atom is -0.482 e. The number of benzene rings is 2. The Kier molecular flexibility index (Phi) is 6.91. The fraction of sp³-hybridized carbons (Fsp3) is 0.286. The predicted molar refractivity (Wildman–Crippen MR) is 116 cm³/mol. The van der Waals surface area contributed by atoms with E-state index in [2.05, 4.69) is 10.6 Å². The van der Waals surface area contributed by atoms with Crippen LogP contribution in [0.3, 0.4) is 0 Å². The molecule has 0 aromatic heterocycles. The standard InChI is InChI=1S/C21H19Cl3N2O4/c1-2-21(8-7-18(27)26-20(21)29)12-3-5-13(6-4-12)25-19(28)11-30-17-10-15(23)14(22)9-16(17)24/h3-6,9-10H,2,7-8,11H2,1H3,(H,25,28)(H,26,27,29). The van der Waals surface area contributed by atoms with Gasteiger partial charge in [-0.1, -0.05) is 53.9 Å². The lowest BCUT2D eigenvalue weighted by molar-refractivity contribution is -0.138. The molecule has 1 saturated heterocycles. The molecule has 158 valence electrons. The van der Waals surface area contributed by atoms with Crippen LogP contribution in [0.2, 0.25) is 15.1 Å². The summed E-state index contributed by atoms with van der Waals surface area (Å²) in [7, 11) is 0. The van der Waals surface area contributed by atoms with Crippen LogP contribution in [0.1, 0.15) is 31.7 Å². The van der Waals surface area contributed by atoms with Gasteiger partial charge in [-0.25, -0.2) is 0 Å². The molecule has 1 unspecified atom stereocenters. The van der Waals surface area contributed by atoms with Crippen molar-refractivity contribution >= 4 is 58.2 Å². The van der Waals surface area contributed by atoms with Crippen molar-refractivity contribution in [3.05, 3.63) is 57.0 Å². The number of anilines is 1. The molecule has 0 saturated carbocycles. The molecule has 30 heavy (non-hydrogen) atoms. The van der Waals surface area contributed by atoms with Crippen molar-refractivity contribution in [1.82, 2.24) is 5.32 Å². The first kappa shape index (κ1) is 22.4. The maximum Gasteiger partial charge on any atom is 0.262 e. The first-order valence-corrected chi connectivity index (χ1v) is 10.4. The zero-order valence-electron chi connectivity index (χ0n) is 16.1. The van der Waals surface area contributed by atoms with Crippen molar-refractivity contribution in [2.75, 3.05) is 11.9 Å². The molecule has 2 aromatic rings. The molecule has 1 atom stereocenters. The number of ether oxygens (including phenoxy) is 1. The maximum atomic E-state index is 12.5. The Morgan fingerprint density at radius 3 is 2.40 bits per heavy atom. The molecule has 0 spiro atoms. The summed E-state index contributed by atoms with van der Waals surface area (Å²) in [6, 6.07) is 9.87. The Balaban J connectivity index is 1.64. The topological polar surface area (TPSA) is 84.5 Å². The second kappa shape index (κ2) is 9.25. The number of halogens is 3. The second-order valence-electron chi connectivity index (χ2n) is 6.92. The van der Waals surface area contributed by atoms with E-state index in [1.165, 1.54) is 12.1 Å². The van der Waals surface area contributed by atoms with Crippen LogP contribution in [0.15, 0.2) is 36.4 Å². The monoisotopic (exact) mass is 468 g/mol. The number of amides is 3. The summed E-state index contributed by atoms with van der Waals surface area (Å²) < 4.78 is 5.41. The third-order valence-electron chi connectivity index (χ3n) is 5.12. The molecule has 2 aromatic carbocycles. The predicted octanol–water partition coefficient (Wildman–Crippen LogP) is 4.75. The number of hydrogen-bond donors (Lipinski definition) is 2. The van der Waals surface area contributed by atoms with Gasteiger partial charge in [-0.05, 0) is 36.6 Å². The molecule has 0 radical (unpaired) electrons. The Morgan fingerprint density at radius 1 is 1.10 bits per heavy atom. The molecular formula is C21H19Cl3N2O4. The summed E-state index contributed by atoms with van der Waals surface area (Å²) in [6.07, 6.45) is 1.32. The Bertz CT molecular complexity index is 994. The fourth-order valence-corrected chi connectivity index (χ4v) is 3.99. The van der Waals surface area contributed by atoms with Crippen LogP contribution in [0.4, 0.5) is 5.69 Å². The number of imide groups is 1. The molecule has 1 aliphatic heterocycles. The fourth-order valence-electron chi connectivity index (χ4n) is 3.39. The molecule has 9 heteroatoms. The number of rotatable bonds is 6. The van der Waals surface area contributed by atoms with Crippen molar-refractivity contribution in [2.24, 2.45) is 0 Å². The van der Waals surface area contributed by atoms with E-state index in [1.54, 1.807) is 24.3 Å². The highest BCUT2D eigenvalue weighted by atomic mass is 35.5. The molecule has 2 N–H and O–H groups in total. The van der Waals surface area contributed by atoms with Crippen molar-refractivity contribution in [1.29, 1.82) is 0 Å². The molecule has 0 aliphatic carbocycles. The van der Waals surface area contributed by atoms with Gasteiger partial charge in [-0.2, -0.15) is 0 Å². The summed E-state index contributed by atoms with van der Waals surface area (Å²) in [6.45, 7) is 1.64. The van der Waals surface area contributed by atoms with Crippen LogP contribution in [0.25, 0.3) is 0 Å². The van der Waals surface area contributed by atoms with Crippen LogP contribution in [-0.4, -0.2) is 24.3 Å². The van der Waals surface area contributed by atoms with Crippen LogP contribution >= 0.6 is 34.8 Å². The summed E-state index contributed by atoms with van der Waals surface area (Å²) in [5.41, 5.74) is 0.599. The molecule has 6 nitrogen and oxygen atoms in total. The van der Waals surface area contributed by atoms with E-state index in [4.69, 9.17) is 39.5 Å². The molecule has 0 bridgehead atoms. The number of nitrogens with one attached hydrogen (secondary N) is 2. The van der Waals surface area contributed by atoms with Crippen molar-refractivity contribution in [3.8, 4) is 5.75 Å². The van der Waals surface area contributed by atoms with E-state index in [-0.39, 0.29) is 34.2 Å². The summed E-state index contributed by atoms with van der Waals surface area (Å²) in [5, 5.41) is 5.94. The van der Waals surface area contributed by atoms with Crippen molar-refractivity contribution in [3.63, 3.8) is 0 Å². The lowest BCUT2D eigenvalue weighted by Crippen LogP contribution is -2.51. The largest absolute Gasteiger partial charge is 0.482 e. The van der Waals surface area contributed by atoms with Gasteiger partial charge in [0.2, 0.25) is 11.8 Å². The van der Waals surface area contributed by atoms with Gasteiger partial charge >= 0.3 is 0 Å². The van der Waals surface area contributed by atoms with Gasteiger partial charge < -0.3 is 10.1 Å². The Labute approximate surface area is 188 Å². The zero-order chi connectivity index (χ0) is 21.9. The van der Waals surface area contributed by atoms with E-state index >= 15 is 0 Å². The van der Waals surface area contributed by atoms with Gasteiger partial charge in [-0.15, -0.1) is 0 Å².